The van der Waals surface area contributed by atoms with Crippen LogP contribution in [0.1, 0.15) is 5.56 Å². The van der Waals surface area contributed by atoms with Gasteiger partial charge in [0.25, 0.3) is 10.0 Å². The van der Waals surface area contributed by atoms with E-state index in [1.165, 1.54) is 6.07 Å². The van der Waals surface area contributed by atoms with Crippen LogP contribution in [0.3, 0.4) is 0 Å². The van der Waals surface area contributed by atoms with Crippen LogP contribution in [0.25, 0.3) is 0 Å². The van der Waals surface area contributed by atoms with E-state index >= 15 is 0 Å². The monoisotopic (exact) mass is 438 g/mol. The highest BCUT2D eigenvalue weighted by molar-refractivity contribution is 7.92. The molecule has 2 aromatic rings. The predicted molar refractivity (Wildman–Crippen MR) is 96.7 cm³/mol. The molecule has 1 heterocycles. The third kappa shape index (κ3) is 4.50. The standard InChI is InChI=1S/C17H15ClF4N2O3S/c18-13-10-12(2-3-14(13)19)28(25,26)23-15-9-11(17(20,21)22)1-4-16(15)24-5-7-27-8-6-24/h1-4,9-10,23H,5-8H2. The Kier molecular flexibility index (Phi) is 5.74. The first-order chi connectivity index (χ1) is 13.1. The lowest BCUT2D eigenvalue weighted by molar-refractivity contribution is -0.137. The Morgan fingerprint density at radius 1 is 1.07 bits per heavy atom. The average Bonchev–Trinajstić information content (AvgIpc) is 2.63. The molecule has 1 aliphatic rings. The maximum atomic E-state index is 13.3. The van der Waals surface area contributed by atoms with E-state index in [1.54, 1.807) is 4.90 Å². The highest BCUT2D eigenvalue weighted by atomic mass is 35.5. The van der Waals surface area contributed by atoms with Crippen LogP contribution in [0.15, 0.2) is 41.3 Å². The van der Waals surface area contributed by atoms with E-state index in [0.29, 0.717) is 26.3 Å². The van der Waals surface area contributed by atoms with Crippen LogP contribution >= 0.6 is 11.6 Å². The van der Waals surface area contributed by atoms with Crippen LogP contribution in [0.2, 0.25) is 5.02 Å². The Bertz CT molecular complexity index is 977. The van der Waals surface area contributed by atoms with Crippen LogP contribution < -0.4 is 9.62 Å². The molecule has 11 heteroatoms. The Morgan fingerprint density at radius 2 is 1.75 bits per heavy atom. The number of nitrogens with zero attached hydrogens (tertiary/aromatic N) is 1. The molecule has 0 bridgehead atoms. The van der Waals surface area contributed by atoms with Gasteiger partial charge in [0.2, 0.25) is 0 Å². The number of rotatable bonds is 4. The van der Waals surface area contributed by atoms with Gasteiger partial charge in [0.05, 0.1) is 40.1 Å². The lowest BCUT2D eigenvalue weighted by Crippen LogP contribution is -2.36. The van der Waals surface area contributed by atoms with Crippen molar-refractivity contribution in [2.24, 2.45) is 0 Å². The molecule has 0 unspecified atom stereocenters. The zero-order valence-corrected chi connectivity index (χ0v) is 15.8. The molecule has 5 nitrogen and oxygen atoms in total. The minimum atomic E-state index is -4.65. The van der Waals surface area contributed by atoms with Gasteiger partial charge in [-0.05, 0) is 36.4 Å². The molecule has 0 amide bonds. The molecular weight excluding hydrogens is 424 g/mol. The zero-order valence-electron chi connectivity index (χ0n) is 14.3. The summed E-state index contributed by atoms with van der Waals surface area (Å²) >= 11 is 5.62. The molecule has 1 saturated heterocycles. The van der Waals surface area contributed by atoms with Gasteiger partial charge in [-0.1, -0.05) is 11.6 Å². The summed E-state index contributed by atoms with van der Waals surface area (Å²) in [6.45, 7) is 1.51. The van der Waals surface area contributed by atoms with E-state index in [0.717, 1.165) is 30.3 Å². The fraction of sp³-hybridized carbons (Fsp3) is 0.294. The maximum Gasteiger partial charge on any atom is 0.416 e. The number of anilines is 2. The molecule has 0 saturated carbocycles. The van der Waals surface area contributed by atoms with Gasteiger partial charge >= 0.3 is 6.18 Å². The first-order valence-corrected chi connectivity index (χ1v) is 9.96. The normalized spacial score (nSPS) is 15.5. The van der Waals surface area contributed by atoms with Gasteiger partial charge in [0, 0.05) is 13.1 Å². The fourth-order valence-electron chi connectivity index (χ4n) is 2.72. The topological polar surface area (TPSA) is 58.6 Å². The highest BCUT2D eigenvalue weighted by Gasteiger charge is 2.32. The average molecular weight is 439 g/mol. The Labute approximate surface area is 163 Å². The summed E-state index contributed by atoms with van der Waals surface area (Å²) in [6.07, 6.45) is -4.65. The largest absolute Gasteiger partial charge is 0.416 e. The van der Waals surface area contributed by atoms with E-state index in [9.17, 15) is 26.0 Å². The summed E-state index contributed by atoms with van der Waals surface area (Å²) < 4.78 is 85.4. The third-order valence-electron chi connectivity index (χ3n) is 4.12. The third-order valence-corrected chi connectivity index (χ3v) is 5.77. The summed E-state index contributed by atoms with van der Waals surface area (Å²) in [5.41, 5.74) is -0.954. The van der Waals surface area contributed by atoms with Crippen molar-refractivity contribution in [3.05, 3.63) is 52.8 Å². The van der Waals surface area contributed by atoms with Crippen molar-refractivity contribution >= 4 is 33.0 Å². The Morgan fingerprint density at radius 3 is 2.36 bits per heavy atom. The minimum absolute atomic E-state index is 0.239. The number of ether oxygens (including phenoxy) is 1. The Balaban J connectivity index is 2.03. The number of morpholine rings is 1. The molecule has 0 spiro atoms. The summed E-state index contributed by atoms with van der Waals surface area (Å²) in [5.74, 6) is -0.811. The molecule has 3 rings (SSSR count). The van der Waals surface area contributed by atoms with Gasteiger partial charge in [-0.2, -0.15) is 13.2 Å². The smallest absolute Gasteiger partial charge is 0.378 e. The second-order valence-corrected chi connectivity index (χ2v) is 8.10. The minimum Gasteiger partial charge on any atom is -0.378 e. The molecule has 152 valence electrons. The van der Waals surface area contributed by atoms with E-state index in [4.69, 9.17) is 16.3 Å². The van der Waals surface area contributed by atoms with Gasteiger partial charge in [-0.25, -0.2) is 12.8 Å². The van der Waals surface area contributed by atoms with Crippen LogP contribution in [0.5, 0.6) is 0 Å². The van der Waals surface area contributed by atoms with Gasteiger partial charge in [-0.3, -0.25) is 4.72 Å². The maximum absolute atomic E-state index is 13.3. The summed E-state index contributed by atoms with van der Waals surface area (Å²) in [6, 6.07) is 5.56. The van der Waals surface area contributed by atoms with E-state index in [1.807, 2.05) is 0 Å². The highest BCUT2D eigenvalue weighted by Crippen LogP contribution is 2.36. The molecule has 0 aromatic heterocycles. The number of hydrogen-bond donors (Lipinski definition) is 1. The number of alkyl halides is 3. The van der Waals surface area contributed by atoms with E-state index < -0.39 is 32.6 Å². The van der Waals surface area contributed by atoms with Crippen molar-refractivity contribution < 1.29 is 30.7 Å². The van der Waals surface area contributed by atoms with Gasteiger partial charge in [0.15, 0.2) is 0 Å². The molecular formula is C17H15ClF4N2O3S. The van der Waals surface area contributed by atoms with Gasteiger partial charge < -0.3 is 9.64 Å². The second-order valence-electron chi connectivity index (χ2n) is 6.01. The summed E-state index contributed by atoms with van der Waals surface area (Å²) in [4.78, 5) is 1.35. The molecule has 0 radical (unpaired) electrons. The van der Waals surface area contributed by atoms with Crippen molar-refractivity contribution in [1.82, 2.24) is 0 Å². The molecule has 1 N–H and O–H groups in total. The van der Waals surface area contributed by atoms with Crippen molar-refractivity contribution in [2.75, 3.05) is 35.9 Å². The van der Waals surface area contributed by atoms with Crippen LogP contribution in [0.4, 0.5) is 28.9 Å². The SMILES string of the molecule is O=S(=O)(Nc1cc(C(F)(F)F)ccc1N1CCOCC1)c1ccc(F)c(Cl)c1. The molecule has 0 aliphatic carbocycles. The number of hydrogen-bond acceptors (Lipinski definition) is 4. The molecule has 1 aliphatic heterocycles. The summed E-state index contributed by atoms with van der Waals surface area (Å²) in [7, 11) is -4.30. The van der Waals surface area contributed by atoms with E-state index in [-0.39, 0.29) is 16.3 Å². The van der Waals surface area contributed by atoms with Crippen molar-refractivity contribution in [1.29, 1.82) is 0 Å². The fourth-order valence-corrected chi connectivity index (χ4v) is 4.06. The molecule has 2 aromatic carbocycles. The first-order valence-electron chi connectivity index (χ1n) is 8.10. The zero-order chi connectivity index (χ0) is 20.5. The number of nitrogens with one attached hydrogen (secondary N) is 1. The second kappa shape index (κ2) is 7.76. The quantitative estimate of drug-likeness (QED) is 0.729. The lowest BCUT2D eigenvalue weighted by Gasteiger charge is -2.31. The number of benzene rings is 2. The predicted octanol–water partition coefficient (Wildman–Crippen LogP) is 4.14. The molecule has 28 heavy (non-hydrogen) atoms. The van der Waals surface area contributed by atoms with Crippen LogP contribution in [0, 0.1) is 5.82 Å². The molecule has 1 fully saturated rings. The number of sulfonamides is 1. The van der Waals surface area contributed by atoms with Gasteiger partial charge in [0.1, 0.15) is 5.82 Å². The van der Waals surface area contributed by atoms with Gasteiger partial charge in [-0.15, -0.1) is 0 Å². The van der Waals surface area contributed by atoms with Crippen LogP contribution in [-0.2, 0) is 20.9 Å². The van der Waals surface area contributed by atoms with Crippen molar-refractivity contribution in [3.63, 3.8) is 0 Å². The van der Waals surface area contributed by atoms with Crippen LogP contribution in [-0.4, -0.2) is 34.7 Å². The Hall–Kier alpha value is -2.04. The van der Waals surface area contributed by atoms with E-state index in [2.05, 4.69) is 4.72 Å². The lowest BCUT2D eigenvalue weighted by atomic mass is 10.1. The van der Waals surface area contributed by atoms with Crippen molar-refractivity contribution in [2.45, 2.75) is 11.1 Å². The van der Waals surface area contributed by atoms with Crippen molar-refractivity contribution in [3.8, 4) is 0 Å². The molecule has 0 atom stereocenters. The first kappa shape index (κ1) is 20.7. The number of halogens is 5. The summed E-state index contributed by atoms with van der Waals surface area (Å²) in [5, 5.41) is -0.416.